The molecule has 8 heteroatoms. The number of aromatic nitrogens is 1. The number of thiazole rings is 1. The van der Waals surface area contributed by atoms with E-state index in [1.165, 1.54) is 17.4 Å². The molecule has 0 aliphatic heterocycles. The maximum absolute atomic E-state index is 12.9. The van der Waals surface area contributed by atoms with Crippen LogP contribution in [-0.4, -0.2) is 17.5 Å². The molecule has 0 saturated heterocycles. The number of hydrogen-bond acceptors (Lipinski definition) is 4. The molecule has 3 aromatic rings. The molecule has 146 valence electrons. The van der Waals surface area contributed by atoms with Crippen molar-refractivity contribution in [2.75, 3.05) is 11.9 Å². The fourth-order valence-electron chi connectivity index (χ4n) is 2.51. The van der Waals surface area contributed by atoms with Crippen molar-refractivity contribution in [1.29, 1.82) is 0 Å². The first-order valence-electron chi connectivity index (χ1n) is 8.41. The smallest absolute Gasteiger partial charge is 0.416 e. The van der Waals surface area contributed by atoms with Crippen LogP contribution in [0.2, 0.25) is 0 Å². The summed E-state index contributed by atoms with van der Waals surface area (Å²) in [6, 6.07) is 14.1. The molecular weight excluding hydrogens is 389 g/mol. The molecule has 0 bridgehead atoms. The summed E-state index contributed by atoms with van der Waals surface area (Å²) in [5.41, 5.74) is 0.521. The van der Waals surface area contributed by atoms with Crippen LogP contribution in [0.25, 0.3) is 0 Å². The van der Waals surface area contributed by atoms with Crippen LogP contribution in [0.3, 0.4) is 0 Å². The van der Waals surface area contributed by atoms with E-state index in [1.807, 2.05) is 6.07 Å². The van der Waals surface area contributed by atoms with Gasteiger partial charge in [-0.15, -0.1) is 11.3 Å². The predicted octanol–water partition coefficient (Wildman–Crippen LogP) is 5.08. The van der Waals surface area contributed by atoms with E-state index in [1.54, 1.807) is 37.3 Å². The highest BCUT2D eigenvalue weighted by Gasteiger charge is 2.30. The maximum atomic E-state index is 12.9. The van der Waals surface area contributed by atoms with E-state index in [2.05, 4.69) is 10.3 Å². The minimum Gasteiger partial charge on any atom is -0.484 e. The molecule has 0 unspecified atom stereocenters. The van der Waals surface area contributed by atoms with Crippen molar-refractivity contribution in [1.82, 2.24) is 4.98 Å². The molecule has 1 N–H and O–H groups in total. The van der Waals surface area contributed by atoms with Gasteiger partial charge >= 0.3 is 6.18 Å². The quantitative estimate of drug-likeness (QED) is 0.621. The second kappa shape index (κ2) is 8.43. The summed E-state index contributed by atoms with van der Waals surface area (Å²) in [7, 11) is 0. The van der Waals surface area contributed by atoms with Crippen molar-refractivity contribution < 1.29 is 22.7 Å². The zero-order chi connectivity index (χ0) is 20.1. The third-order valence-corrected chi connectivity index (χ3v) is 4.94. The molecule has 0 spiro atoms. The van der Waals surface area contributed by atoms with Gasteiger partial charge in [-0.2, -0.15) is 13.2 Å². The highest BCUT2D eigenvalue weighted by Crippen LogP contribution is 2.31. The first kappa shape index (κ1) is 19.9. The molecule has 1 amide bonds. The molecule has 4 nitrogen and oxygen atoms in total. The van der Waals surface area contributed by atoms with Crippen LogP contribution in [0, 0.1) is 6.92 Å². The van der Waals surface area contributed by atoms with Crippen LogP contribution >= 0.6 is 11.3 Å². The average Bonchev–Trinajstić information content (AvgIpc) is 2.99. The zero-order valence-electron chi connectivity index (χ0n) is 14.9. The summed E-state index contributed by atoms with van der Waals surface area (Å²) < 4.78 is 44.0. The number of hydrogen-bond donors (Lipinski definition) is 1. The molecule has 0 fully saturated rings. The lowest BCUT2D eigenvalue weighted by Crippen LogP contribution is -2.20. The second-order valence-corrected chi connectivity index (χ2v) is 7.14. The fraction of sp³-hybridized carbons (Fsp3) is 0.200. The number of carbonyl (C=O) groups excluding carboxylic acids is 1. The van der Waals surface area contributed by atoms with E-state index in [0.717, 1.165) is 17.0 Å². The number of rotatable bonds is 6. The molecule has 0 saturated carbocycles. The van der Waals surface area contributed by atoms with E-state index in [4.69, 9.17) is 4.74 Å². The summed E-state index contributed by atoms with van der Waals surface area (Å²) in [6.45, 7) is 1.60. The minimum absolute atomic E-state index is 0.161. The Morgan fingerprint density at radius 3 is 2.61 bits per heavy atom. The van der Waals surface area contributed by atoms with Gasteiger partial charge in [-0.1, -0.05) is 36.4 Å². The highest BCUT2D eigenvalue weighted by atomic mass is 32.1. The molecule has 0 atom stereocenters. The third kappa shape index (κ3) is 5.32. The van der Waals surface area contributed by atoms with Crippen LogP contribution < -0.4 is 10.1 Å². The number of anilines is 1. The van der Waals surface area contributed by atoms with E-state index < -0.39 is 11.7 Å². The van der Waals surface area contributed by atoms with E-state index in [9.17, 15) is 18.0 Å². The van der Waals surface area contributed by atoms with Gasteiger partial charge in [0, 0.05) is 11.3 Å². The number of carbonyl (C=O) groups is 1. The number of amides is 1. The molecule has 1 aromatic heterocycles. The van der Waals surface area contributed by atoms with Gasteiger partial charge in [0.15, 0.2) is 11.7 Å². The number of halogens is 3. The van der Waals surface area contributed by atoms with Crippen LogP contribution in [0.5, 0.6) is 5.75 Å². The van der Waals surface area contributed by atoms with Crippen molar-refractivity contribution in [2.24, 2.45) is 0 Å². The summed E-state index contributed by atoms with van der Waals surface area (Å²) in [4.78, 5) is 17.1. The van der Waals surface area contributed by atoms with Gasteiger partial charge in [0.25, 0.3) is 5.91 Å². The van der Waals surface area contributed by atoms with Crippen LogP contribution in [-0.2, 0) is 17.4 Å². The van der Waals surface area contributed by atoms with Crippen molar-refractivity contribution in [3.63, 3.8) is 0 Å². The highest BCUT2D eigenvalue weighted by molar-refractivity contribution is 7.15. The number of nitrogens with zero attached hydrogens (tertiary/aromatic N) is 1. The Bertz CT molecular complexity index is 956. The Balaban J connectivity index is 1.62. The summed E-state index contributed by atoms with van der Waals surface area (Å²) >= 11 is 1.24. The fourth-order valence-corrected chi connectivity index (χ4v) is 3.52. The molecule has 0 aliphatic carbocycles. The maximum Gasteiger partial charge on any atom is 0.416 e. The lowest BCUT2D eigenvalue weighted by atomic mass is 10.1. The van der Waals surface area contributed by atoms with Crippen molar-refractivity contribution in [2.45, 2.75) is 19.5 Å². The number of aryl methyl sites for hydroxylation is 1. The number of nitrogens with one attached hydrogen (secondary N) is 1. The predicted molar refractivity (Wildman–Crippen MR) is 102 cm³/mol. The van der Waals surface area contributed by atoms with Gasteiger partial charge in [0.2, 0.25) is 0 Å². The van der Waals surface area contributed by atoms with Gasteiger partial charge in [-0.3, -0.25) is 10.1 Å². The molecular formula is C20H17F3N2O2S. The Hall–Kier alpha value is -2.87. The first-order chi connectivity index (χ1) is 13.3. The van der Waals surface area contributed by atoms with Crippen molar-refractivity contribution >= 4 is 22.4 Å². The lowest BCUT2D eigenvalue weighted by molar-refractivity contribution is -0.137. The molecule has 28 heavy (non-hydrogen) atoms. The molecule has 0 radical (unpaired) electrons. The van der Waals surface area contributed by atoms with Crippen LogP contribution in [0.1, 0.15) is 21.7 Å². The van der Waals surface area contributed by atoms with Gasteiger partial charge < -0.3 is 4.74 Å². The van der Waals surface area contributed by atoms with Gasteiger partial charge in [0.05, 0.1) is 11.3 Å². The Morgan fingerprint density at radius 2 is 1.89 bits per heavy atom. The average molecular weight is 406 g/mol. The minimum atomic E-state index is -4.38. The molecule has 2 aromatic carbocycles. The Kier molecular flexibility index (Phi) is 5.99. The number of ether oxygens (including phenoxy) is 1. The summed E-state index contributed by atoms with van der Waals surface area (Å²) in [5.74, 6) is 0.224. The van der Waals surface area contributed by atoms with E-state index in [-0.39, 0.29) is 12.5 Å². The normalized spacial score (nSPS) is 11.3. The number of benzene rings is 2. The number of para-hydroxylation sites is 1. The van der Waals surface area contributed by atoms with Crippen molar-refractivity contribution in [3.8, 4) is 5.75 Å². The SMILES string of the molecule is Cc1nc(NC(=O)COc2ccccc2)sc1Cc1cccc(C(F)(F)F)c1. The summed E-state index contributed by atoms with van der Waals surface area (Å²) in [6.07, 6.45) is -4.07. The monoisotopic (exact) mass is 406 g/mol. The van der Waals surface area contributed by atoms with E-state index >= 15 is 0 Å². The van der Waals surface area contributed by atoms with Gasteiger partial charge in [0.1, 0.15) is 5.75 Å². The second-order valence-electron chi connectivity index (χ2n) is 6.05. The topological polar surface area (TPSA) is 51.2 Å². The molecule has 3 rings (SSSR count). The molecule has 1 heterocycles. The van der Waals surface area contributed by atoms with Gasteiger partial charge in [-0.05, 0) is 30.7 Å². The third-order valence-electron chi connectivity index (χ3n) is 3.87. The van der Waals surface area contributed by atoms with Crippen LogP contribution in [0.15, 0.2) is 54.6 Å². The zero-order valence-corrected chi connectivity index (χ0v) is 15.7. The van der Waals surface area contributed by atoms with Crippen LogP contribution in [0.4, 0.5) is 18.3 Å². The summed E-state index contributed by atoms with van der Waals surface area (Å²) in [5, 5.41) is 3.05. The van der Waals surface area contributed by atoms with Crippen molar-refractivity contribution in [3.05, 3.63) is 76.3 Å². The largest absolute Gasteiger partial charge is 0.484 e. The Morgan fingerprint density at radius 1 is 1.14 bits per heavy atom. The molecule has 0 aliphatic rings. The number of alkyl halides is 3. The first-order valence-corrected chi connectivity index (χ1v) is 9.23. The Labute approximate surface area is 164 Å². The lowest BCUT2D eigenvalue weighted by Gasteiger charge is -2.08. The standard InChI is InChI=1S/C20H17F3N2O2S/c1-13-17(11-14-6-5-7-15(10-14)20(21,22)23)28-19(24-13)25-18(26)12-27-16-8-3-2-4-9-16/h2-10H,11-12H2,1H3,(H,24,25,26). The van der Waals surface area contributed by atoms with E-state index in [0.29, 0.717) is 28.6 Å². The van der Waals surface area contributed by atoms with Gasteiger partial charge in [-0.25, -0.2) is 4.98 Å².